The van der Waals surface area contributed by atoms with Crippen molar-refractivity contribution in [3.05, 3.63) is 29.3 Å². The third-order valence-electron chi connectivity index (χ3n) is 2.96. The molecule has 1 unspecified atom stereocenters. The summed E-state index contributed by atoms with van der Waals surface area (Å²) in [5.74, 6) is 0.0283. The number of amides is 1. The molecule has 1 fully saturated rings. The predicted octanol–water partition coefficient (Wildman–Crippen LogP) is 2.78. The van der Waals surface area contributed by atoms with Gasteiger partial charge in [-0.3, -0.25) is 0 Å². The molecular weight excluding hydrogens is 226 g/mol. The highest BCUT2D eigenvalue weighted by Gasteiger charge is 2.55. The van der Waals surface area contributed by atoms with Gasteiger partial charge in [0.05, 0.1) is 0 Å². The van der Waals surface area contributed by atoms with Crippen LogP contribution < -0.4 is 4.65 Å². The first-order valence-electron chi connectivity index (χ1n) is 5.19. The van der Waals surface area contributed by atoms with Gasteiger partial charge in [0.2, 0.25) is 0 Å². The number of hydrogen-bond acceptors (Lipinski definition) is 2. The van der Waals surface area contributed by atoms with Crippen LogP contribution in [0.15, 0.2) is 24.3 Å². The number of carbonyl (C=O) groups excluding carboxylic acids is 1. The molecule has 0 aromatic heterocycles. The van der Waals surface area contributed by atoms with Crippen molar-refractivity contribution in [3.63, 3.8) is 0 Å². The first-order valence-corrected chi connectivity index (χ1v) is 5.57. The van der Waals surface area contributed by atoms with Crippen LogP contribution in [0, 0.1) is 5.41 Å². The Balaban J connectivity index is 2.50. The van der Waals surface area contributed by atoms with E-state index in [9.17, 15) is 4.79 Å². The van der Waals surface area contributed by atoms with E-state index in [-0.39, 0.29) is 10.6 Å². The van der Waals surface area contributed by atoms with Gasteiger partial charge in [-0.15, -0.1) is 0 Å². The Morgan fingerprint density at radius 1 is 1.38 bits per heavy atom. The van der Waals surface area contributed by atoms with E-state index in [1.165, 1.54) is 0 Å². The van der Waals surface area contributed by atoms with E-state index in [4.69, 9.17) is 16.4 Å². The number of rotatable bonds is 1. The Hall–Kier alpha value is -0.900. The standard InChI is InChI=1S/C12H15ClNO2/c1-12(2)8-16-14(3,11(12)15)10-7-5-4-6-9(10)13/h4-7H,8H2,1-3H3/q+1. The Morgan fingerprint density at radius 2 is 2.00 bits per heavy atom. The van der Waals surface area contributed by atoms with Gasteiger partial charge in [0.1, 0.15) is 24.1 Å². The summed E-state index contributed by atoms with van der Waals surface area (Å²) in [5.41, 5.74) is 0.230. The zero-order valence-corrected chi connectivity index (χ0v) is 10.4. The molecule has 0 saturated carbocycles. The number of hydrogen-bond donors (Lipinski definition) is 0. The van der Waals surface area contributed by atoms with Gasteiger partial charge < -0.3 is 0 Å². The molecule has 1 heterocycles. The fraction of sp³-hybridized carbons (Fsp3) is 0.417. The average molecular weight is 241 g/mol. The van der Waals surface area contributed by atoms with Crippen LogP contribution in [0.2, 0.25) is 5.02 Å². The number of halogens is 1. The highest BCUT2D eigenvalue weighted by molar-refractivity contribution is 6.33. The second-order valence-corrected chi connectivity index (χ2v) is 5.25. The molecule has 1 atom stereocenters. The number of para-hydroxylation sites is 1. The lowest BCUT2D eigenvalue weighted by Crippen LogP contribution is -2.48. The maximum atomic E-state index is 12.3. The second kappa shape index (κ2) is 3.55. The summed E-state index contributed by atoms with van der Waals surface area (Å²) in [5, 5.41) is 0.552. The molecule has 1 aliphatic heterocycles. The largest absolute Gasteiger partial charge is 0.359 e. The third kappa shape index (κ3) is 1.56. The summed E-state index contributed by atoms with van der Waals surface area (Å²) in [6.07, 6.45) is 0. The molecule has 86 valence electrons. The van der Waals surface area contributed by atoms with Gasteiger partial charge in [0.25, 0.3) is 0 Å². The van der Waals surface area contributed by atoms with Gasteiger partial charge >= 0.3 is 5.91 Å². The Labute approximate surface area is 100 Å². The number of carbonyl (C=O) groups is 1. The van der Waals surface area contributed by atoms with Crippen LogP contribution in [0.1, 0.15) is 13.8 Å². The quantitative estimate of drug-likeness (QED) is 0.706. The fourth-order valence-corrected chi connectivity index (χ4v) is 2.26. The molecule has 0 bridgehead atoms. The molecule has 1 aliphatic rings. The Bertz CT molecular complexity index is 444. The minimum absolute atomic E-state index is 0.0283. The van der Waals surface area contributed by atoms with E-state index in [1.807, 2.05) is 32.0 Å². The summed E-state index contributed by atoms with van der Waals surface area (Å²) >= 11 is 6.10. The minimum Gasteiger partial charge on any atom is -0.226 e. The van der Waals surface area contributed by atoms with Gasteiger partial charge in [0, 0.05) is 6.07 Å². The summed E-state index contributed by atoms with van der Waals surface area (Å²) in [7, 11) is 1.73. The number of hydroxylamine groups is 2. The molecular formula is C12H15ClNO2+. The second-order valence-electron chi connectivity index (χ2n) is 4.84. The van der Waals surface area contributed by atoms with E-state index in [2.05, 4.69) is 0 Å². The molecule has 1 amide bonds. The maximum absolute atomic E-state index is 12.3. The lowest BCUT2D eigenvalue weighted by atomic mass is 9.94. The molecule has 1 aromatic carbocycles. The van der Waals surface area contributed by atoms with Crippen molar-refractivity contribution in [2.45, 2.75) is 13.8 Å². The SMILES string of the molecule is CC1(C)CO[N+](C)(c2ccccc2Cl)C1=O. The van der Waals surface area contributed by atoms with Crippen LogP contribution >= 0.6 is 11.6 Å². The molecule has 4 heteroatoms. The van der Waals surface area contributed by atoms with Crippen molar-refractivity contribution >= 4 is 23.2 Å². The molecule has 0 spiro atoms. The molecule has 2 rings (SSSR count). The van der Waals surface area contributed by atoms with Gasteiger partial charge in [-0.25, -0.2) is 4.79 Å². The monoisotopic (exact) mass is 240 g/mol. The first-order chi connectivity index (χ1) is 7.38. The van der Waals surface area contributed by atoms with E-state index in [0.29, 0.717) is 17.3 Å². The van der Waals surface area contributed by atoms with Crippen LogP contribution in [0.5, 0.6) is 0 Å². The lowest BCUT2D eigenvalue weighted by Gasteiger charge is -2.23. The highest BCUT2D eigenvalue weighted by Crippen LogP contribution is 2.39. The summed E-state index contributed by atoms with van der Waals surface area (Å²) < 4.78 is -0.174. The topological polar surface area (TPSA) is 26.3 Å². The van der Waals surface area contributed by atoms with Crippen molar-refractivity contribution in [1.29, 1.82) is 0 Å². The van der Waals surface area contributed by atoms with E-state index < -0.39 is 5.41 Å². The van der Waals surface area contributed by atoms with Crippen LogP contribution in [0.3, 0.4) is 0 Å². The maximum Gasteiger partial charge on any atom is 0.359 e. The molecule has 16 heavy (non-hydrogen) atoms. The van der Waals surface area contributed by atoms with Crippen molar-refractivity contribution in [1.82, 2.24) is 4.65 Å². The molecule has 1 saturated heterocycles. The molecule has 0 N–H and O–H groups in total. The van der Waals surface area contributed by atoms with E-state index >= 15 is 0 Å². The molecule has 0 radical (unpaired) electrons. The van der Waals surface area contributed by atoms with Crippen molar-refractivity contribution in [2.75, 3.05) is 13.7 Å². The van der Waals surface area contributed by atoms with Crippen LogP contribution in [-0.2, 0) is 9.63 Å². The number of quaternary nitrogens is 1. The smallest absolute Gasteiger partial charge is 0.226 e. The highest BCUT2D eigenvalue weighted by atomic mass is 35.5. The van der Waals surface area contributed by atoms with Crippen LogP contribution in [0.4, 0.5) is 5.69 Å². The third-order valence-corrected chi connectivity index (χ3v) is 3.28. The minimum atomic E-state index is -0.464. The van der Waals surface area contributed by atoms with Gasteiger partial charge in [-0.1, -0.05) is 28.4 Å². The average Bonchev–Trinajstić information content (AvgIpc) is 2.44. The van der Waals surface area contributed by atoms with Crippen LogP contribution in [-0.4, -0.2) is 19.6 Å². The Morgan fingerprint density at radius 3 is 2.50 bits per heavy atom. The van der Waals surface area contributed by atoms with Gasteiger partial charge in [0.15, 0.2) is 5.69 Å². The number of nitrogens with zero attached hydrogens (tertiary/aromatic N) is 1. The lowest BCUT2D eigenvalue weighted by molar-refractivity contribution is -0.152. The predicted molar refractivity (Wildman–Crippen MR) is 63.9 cm³/mol. The summed E-state index contributed by atoms with van der Waals surface area (Å²) in [6, 6.07) is 7.28. The van der Waals surface area contributed by atoms with Crippen molar-refractivity contribution in [2.24, 2.45) is 5.41 Å². The van der Waals surface area contributed by atoms with Crippen molar-refractivity contribution in [3.8, 4) is 0 Å². The molecule has 1 aromatic rings. The Kier molecular flexibility index (Phi) is 2.57. The summed E-state index contributed by atoms with van der Waals surface area (Å²) in [6.45, 7) is 4.18. The van der Waals surface area contributed by atoms with Crippen LogP contribution in [0.25, 0.3) is 0 Å². The van der Waals surface area contributed by atoms with E-state index in [1.54, 1.807) is 13.1 Å². The zero-order chi connectivity index (χ0) is 12.0. The normalized spacial score (nSPS) is 28.4. The first kappa shape index (κ1) is 11.6. The molecule has 3 nitrogen and oxygen atoms in total. The van der Waals surface area contributed by atoms with Crippen molar-refractivity contribution < 1.29 is 9.63 Å². The molecule has 0 aliphatic carbocycles. The summed E-state index contributed by atoms with van der Waals surface area (Å²) in [4.78, 5) is 17.9. The fourth-order valence-electron chi connectivity index (χ4n) is 1.97. The van der Waals surface area contributed by atoms with Gasteiger partial charge in [-0.05, 0) is 19.9 Å². The zero-order valence-electron chi connectivity index (χ0n) is 9.66. The number of benzene rings is 1. The van der Waals surface area contributed by atoms with E-state index in [0.717, 1.165) is 0 Å². The van der Waals surface area contributed by atoms with Gasteiger partial charge in [-0.2, -0.15) is 4.84 Å².